The Morgan fingerprint density at radius 2 is 0.667 bits per heavy atom. The van der Waals surface area contributed by atoms with Crippen LogP contribution >= 0.6 is 7.91 Å². The third-order valence-corrected chi connectivity index (χ3v) is 0. The molecule has 0 heterocycles. The SMILES string of the molecule is O.O.O.O.[Na][Cl]. The first-order valence-electron chi connectivity index (χ1n) is 0.378. The second-order valence-electron chi connectivity index (χ2n) is 0. The second kappa shape index (κ2) is 126. The fraction of sp³-hybridized carbons (Fsp3) is 0. The van der Waals surface area contributed by atoms with E-state index in [-0.39, 0.29) is 21.9 Å². The van der Waals surface area contributed by atoms with E-state index in [0.29, 0.717) is 0 Å². The van der Waals surface area contributed by atoms with Gasteiger partial charge in [-0.3, -0.25) is 0 Å². The summed E-state index contributed by atoms with van der Waals surface area (Å²) in [5.74, 6) is 0. The molecule has 6 heavy (non-hydrogen) atoms. The summed E-state index contributed by atoms with van der Waals surface area (Å²) in [7, 11) is 4.78. The van der Waals surface area contributed by atoms with Crippen LogP contribution in [0.25, 0.3) is 0 Å². The van der Waals surface area contributed by atoms with E-state index in [1.54, 1.807) is 0 Å². The third-order valence-electron chi connectivity index (χ3n) is 0. The van der Waals surface area contributed by atoms with Crippen LogP contribution in [0.2, 0.25) is 0 Å². The zero-order chi connectivity index (χ0) is 2.00. The second-order valence-corrected chi connectivity index (χ2v) is 0. The minimum atomic E-state index is 0. The van der Waals surface area contributed by atoms with Crippen molar-refractivity contribution in [2.45, 2.75) is 0 Å². The molecule has 0 aliphatic rings. The fourth-order valence-corrected chi connectivity index (χ4v) is 0. The van der Waals surface area contributed by atoms with E-state index in [0.717, 1.165) is 26.6 Å². The van der Waals surface area contributed by atoms with E-state index in [4.69, 9.17) is 7.91 Å². The summed E-state index contributed by atoms with van der Waals surface area (Å²) in [6.07, 6.45) is 0. The van der Waals surface area contributed by atoms with Crippen LogP contribution in [0.4, 0.5) is 0 Å². The zero-order valence-corrected chi connectivity index (χ0v) is 6.13. The molecule has 0 aliphatic heterocycles. The van der Waals surface area contributed by atoms with Crippen molar-refractivity contribution in [1.82, 2.24) is 0 Å². The molecule has 0 aromatic heterocycles. The maximum atomic E-state index is 4.78. The first kappa shape index (κ1) is 59.1. The molecule has 0 amide bonds. The number of rotatable bonds is 0. The van der Waals surface area contributed by atoms with Crippen LogP contribution in [0, 0.1) is 0 Å². The van der Waals surface area contributed by atoms with Crippen LogP contribution in [0.15, 0.2) is 0 Å². The van der Waals surface area contributed by atoms with Crippen molar-refractivity contribution in [3.05, 3.63) is 0 Å². The summed E-state index contributed by atoms with van der Waals surface area (Å²) in [6.45, 7) is 0. The van der Waals surface area contributed by atoms with Crippen molar-refractivity contribution in [1.29, 1.82) is 0 Å². The molecule has 6 heteroatoms. The van der Waals surface area contributed by atoms with E-state index in [1.165, 1.54) is 0 Å². The molecule has 0 rings (SSSR count). The van der Waals surface area contributed by atoms with Gasteiger partial charge in [0.15, 0.2) is 0 Å². The molecule has 0 unspecified atom stereocenters. The first-order chi connectivity index (χ1) is 1.00. The molecular formula is H8ClNaO4. The Kier molecular flexibility index (Phi) is 1240. The van der Waals surface area contributed by atoms with Crippen molar-refractivity contribution in [2.24, 2.45) is 0 Å². The molecular weight excluding hydrogens is 122 g/mol. The van der Waals surface area contributed by atoms with Gasteiger partial charge in [-0.25, -0.2) is 0 Å². The molecule has 0 atom stereocenters. The van der Waals surface area contributed by atoms with Crippen LogP contribution in [-0.2, 0) is 0 Å². The Hall–Kier alpha value is 1.13. The molecule has 0 saturated heterocycles. The van der Waals surface area contributed by atoms with E-state index in [9.17, 15) is 0 Å². The molecule has 0 aliphatic carbocycles. The van der Waals surface area contributed by atoms with Gasteiger partial charge in [0.2, 0.25) is 0 Å². The Morgan fingerprint density at radius 1 is 0.667 bits per heavy atom. The monoisotopic (exact) mass is 130 g/mol. The van der Waals surface area contributed by atoms with E-state index in [2.05, 4.69) is 0 Å². The number of hydrogen-bond acceptors (Lipinski definition) is 0. The van der Waals surface area contributed by atoms with E-state index < -0.39 is 0 Å². The third kappa shape index (κ3) is 68.5. The van der Waals surface area contributed by atoms with Gasteiger partial charge in [-0.1, -0.05) is 0 Å². The van der Waals surface area contributed by atoms with Gasteiger partial charge in [0.05, 0.1) is 0 Å². The van der Waals surface area contributed by atoms with Crippen molar-refractivity contribution in [3.63, 3.8) is 0 Å². The van der Waals surface area contributed by atoms with Crippen LogP contribution < -0.4 is 0 Å². The molecule has 0 aromatic rings. The maximum absolute atomic E-state index is 4.78. The van der Waals surface area contributed by atoms with Gasteiger partial charge < -0.3 is 21.9 Å². The van der Waals surface area contributed by atoms with Gasteiger partial charge in [0.1, 0.15) is 0 Å². The Morgan fingerprint density at radius 3 is 0.667 bits per heavy atom. The normalized spacial score (nSPS) is 1.17. The molecule has 8 N–H and O–H groups in total. The van der Waals surface area contributed by atoms with Crippen LogP contribution in [0.1, 0.15) is 0 Å². The Labute approximate surface area is 56.4 Å². The predicted octanol–water partition coefficient (Wildman–Crippen LogP) is -2.99. The number of hydrogen-bond donors (Lipinski definition) is 0. The fourth-order valence-electron chi connectivity index (χ4n) is 0. The summed E-state index contributed by atoms with van der Waals surface area (Å²) in [4.78, 5) is 0. The van der Waals surface area contributed by atoms with Gasteiger partial charge in [-0.2, -0.15) is 0 Å². The van der Waals surface area contributed by atoms with Crippen molar-refractivity contribution in [3.8, 4) is 0 Å². The molecule has 0 bridgehead atoms. The number of halogens is 1. The Balaban J connectivity index is -0.000000000833. The summed E-state index contributed by atoms with van der Waals surface area (Å²) < 4.78 is 0. The molecule has 0 aromatic carbocycles. The van der Waals surface area contributed by atoms with Gasteiger partial charge in [-0.05, 0) is 0 Å². The zero-order valence-electron chi connectivity index (χ0n) is 3.38. The summed E-state index contributed by atoms with van der Waals surface area (Å²) >= 11 is 0.778. The standard InChI is InChI=1S/ClH.Na.4H2O/h1H;;4*1H2/q;+1;;;;/p-1. The van der Waals surface area contributed by atoms with Crippen molar-refractivity contribution >= 4 is 34.6 Å². The van der Waals surface area contributed by atoms with Crippen LogP contribution in [0.5, 0.6) is 0 Å². The molecule has 40 valence electrons. The summed E-state index contributed by atoms with van der Waals surface area (Å²) in [5.41, 5.74) is 0. The molecule has 0 radical (unpaired) electrons. The topological polar surface area (TPSA) is 126 Å². The van der Waals surface area contributed by atoms with Gasteiger partial charge in [0.25, 0.3) is 0 Å². The summed E-state index contributed by atoms with van der Waals surface area (Å²) in [5, 5.41) is 0. The first-order valence-corrected chi connectivity index (χ1v) is 3.40. The molecule has 4 nitrogen and oxygen atoms in total. The van der Waals surface area contributed by atoms with E-state index in [1.807, 2.05) is 0 Å². The van der Waals surface area contributed by atoms with Gasteiger partial charge in [-0.15, -0.1) is 0 Å². The van der Waals surface area contributed by atoms with Gasteiger partial charge in [0, 0.05) is 0 Å². The average Bonchev–Trinajstić information content (AvgIpc) is 1.00. The van der Waals surface area contributed by atoms with Crippen LogP contribution in [0.3, 0.4) is 0 Å². The van der Waals surface area contributed by atoms with E-state index >= 15 is 0 Å². The minimum absolute atomic E-state index is 0. The quantitative estimate of drug-likeness (QED) is 0.310. The molecule has 0 spiro atoms. The predicted molar refractivity (Wildman–Crippen MR) is 26.1 cm³/mol. The molecule has 0 saturated carbocycles. The summed E-state index contributed by atoms with van der Waals surface area (Å²) in [6, 6.07) is 0. The van der Waals surface area contributed by atoms with Crippen molar-refractivity contribution in [2.75, 3.05) is 0 Å². The average molecular weight is 131 g/mol. The Bertz CT molecular complexity index is 7.51. The molecule has 0 fully saturated rings. The van der Waals surface area contributed by atoms with Gasteiger partial charge >= 0.3 is 34.6 Å². The van der Waals surface area contributed by atoms with Crippen molar-refractivity contribution < 1.29 is 21.9 Å². The van der Waals surface area contributed by atoms with Crippen LogP contribution in [-0.4, -0.2) is 48.5 Å².